The van der Waals surface area contributed by atoms with Gasteiger partial charge in [0.25, 0.3) is 5.69 Å². The Bertz CT molecular complexity index is 499. The second-order valence-electron chi connectivity index (χ2n) is 2.66. The van der Waals surface area contributed by atoms with Gasteiger partial charge in [-0.25, -0.2) is 0 Å². The van der Waals surface area contributed by atoms with Crippen LogP contribution in [0.3, 0.4) is 0 Å². The van der Waals surface area contributed by atoms with E-state index in [9.17, 15) is 18.5 Å². The summed E-state index contributed by atoms with van der Waals surface area (Å²) in [6, 6.07) is 4.65. The summed E-state index contributed by atoms with van der Waals surface area (Å²) >= 11 is 0. The first kappa shape index (κ1) is 12.4. The highest BCUT2D eigenvalue weighted by Crippen LogP contribution is 2.22. The molecule has 0 aliphatic carbocycles. The van der Waals surface area contributed by atoms with E-state index in [1.807, 2.05) is 0 Å². The van der Waals surface area contributed by atoms with Gasteiger partial charge in [0.05, 0.1) is 17.7 Å². The molecule has 0 bridgehead atoms. The second-order valence-corrected chi connectivity index (χ2v) is 3.89. The van der Waals surface area contributed by atoms with Crippen LogP contribution in [0.4, 0.5) is 11.4 Å². The molecular weight excluding hydrogens is 240 g/mol. The number of hydrogen-bond donors (Lipinski definition) is 1. The van der Waals surface area contributed by atoms with Crippen molar-refractivity contribution in [2.75, 3.05) is 11.6 Å². The first-order chi connectivity index (χ1) is 7.36. The van der Waals surface area contributed by atoms with Crippen molar-refractivity contribution >= 4 is 21.7 Å². The van der Waals surface area contributed by atoms with Crippen molar-refractivity contribution in [3.8, 4) is 0 Å². The maximum Gasteiger partial charge on any atom is 0.382 e. The zero-order valence-electron chi connectivity index (χ0n) is 8.10. The Kier molecular flexibility index (Phi) is 3.42. The lowest BCUT2D eigenvalue weighted by Gasteiger charge is -2.16. The summed E-state index contributed by atoms with van der Waals surface area (Å²) < 4.78 is 30.6. The molecule has 1 aromatic carbocycles. The van der Waals surface area contributed by atoms with E-state index in [1.165, 1.54) is 18.2 Å². The summed E-state index contributed by atoms with van der Waals surface area (Å²) in [7, 11) is -3.62. The summed E-state index contributed by atoms with van der Waals surface area (Å²) in [5, 5.41) is 10.4. The SMILES string of the molecule is CON(c1cccc([N+](=O)[O-])c1)S(=O)(=O)O. The van der Waals surface area contributed by atoms with Crippen LogP contribution < -0.4 is 4.47 Å². The average molecular weight is 248 g/mol. The number of nitro benzene ring substituents is 1. The molecule has 0 atom stereocenters. The monoisotopic (exact) mass is 248 g/mol. The average Bonchev–Trinajstić information content (AvgIpc) is 2.17. The van der Waals surface area contributed by atoms with Crippen LogP contribution in [0.5, 0.6) is 0 Å². The zero-order valence-corrected chi connectivity index (χ0v) is 8.92. The van der Waals surface area contributed by atoms with Crippen LogP contribution in [-0.2, 0) is 15.1 Å². The Morgan fingerprint density at radius 1 is 1.50 bits per heavy atom. The Morgan fingerprint density at radius 3 is 2.56 bits per heavy atom. The fourth-order valence-corrected chi connectivity index (χ4v) is 1.62. The molecule has 0 heterocycles. The minimum Gasteiger partial charge on any atom is -0.267 e. The predicted octanol–water partition coefficient (Wildman–Crippen LogP) is 0.765. The lowest BCUT2D eigenvalue weighted by Crippen LogP contribution is -2.28. The standard InChI is InChI=1S/C7H8N2O6S/c1-15-9(16(12,13)14)7-4-2-3-6(5-7)8(10)11/h2-5H,1H3,(H,12,13,14). The minimum atomic E-state index is -4.62. The van der Waals surface area contributed by atoms with Crippen molar-refractivity contribution in [3.63, 3.8) is 0 Å². The quantitative estimate of drug-likeness (QED) is 0.478. The largest absolute Gasteiger partial charge is 0.382 e. The normalized spacial score (nSPS) is 11.1. The number of anilines is 1. The van der Waals surface area contributed by atoms with Crippen LogP contribution in [0.2, 0.25) is 0 Å². The molecule has 0 saturated heterocycles. The molecule has 0 spiro atoms. The van der Waals surface area contributed by atoms with Gasteiger partial charge in [-0.05, 0) is 6.07 Å². The van der Waals surface area contributed by atoms with E-state index >= 15 is 0 Å². The van der Waals surface area contributed by atoms with Crippen LogP contribution in [0, 0.1) is 10.1 Å². The van der Waals surface area contributed by atoms with Crippen molar-refractivity contribution in [1.29, 1.82) is 0 Å². The van der Waals surface area contributed by atoms with Gasteiger partial charge in [-0.2, -0.15) is 8.42 Å². The molecule has 1 aromatic rings. The van der Waals surface area contributed by atoms with E-state index in [-0.39, 0.29) is 15.8 Å². The molecule has 8 nitrogen and oxygen atoms in total. The van der Waals surface area contributed by atoms with Crippen molar-refractivity contribution < 1.29 is 22.7 Å². The molecule has 0 amide bonds. The summed E-state index contributed by atoms with van der Waals surface area (Å²) in [6.45, 7) is 0. The summed E-state index contributed by atoms with van der Waals surface area (Å²) in [6.07, 6.45) is 0. The molecule has 1 rings (SSSR count). The lowest BCUT2D eigenvalue weighted by molar-refractivity contribution is -0.384. The van der Waals surface area contributed by atoms with Gasteiger partial charge >= 0.3 is 10.3 Å². The second kappa shape index (κ2) is 4.43. The molecule has 0 radical (unpaired) electrons. The van der Waals surface area contributed by atoms with Gasteiger partial charge in [0.2, 0.25) is 0 Å². The third-order valence-electron chi connectivity index (χ3n) is 1.63. The van der Waals surface area contributed by atoms with Crippen molar-refractivity contribution in [2.24, 2.45) is 0 Å². The van der Waals surface area contributed by atoms with Crippen molar-refractivity contribution in [1.82, 2.24) is 0 Å². The number of rotatable bonds is 4. The number of hydrogen-bond acceptors (Lipinski definition) is 5. The summed E-state index contributed by atoms with van der Waals surface area (Å²) in [5.74, 6) is 0. The first-order valence-electron chi connectivity index (χ1n) is 3.92. The molecule has 0 fully saturated rings. The molecule has 88 valence electrons. The van der Waals surface area contributed by atoms with Gasteiger partial charge in [-0.3, -0.25) is 19.5 Å². The fourth-order valence-electron chi connectivity index (χ4n) is 1.05. The fraction of sp³-hybridized carbons (Fsp3) is 0.143. The van der Waals surface area contributed by atoms with E-state index in [2.05, 4.69) is 4.84 Å². The van der Waals surface area contributed by atoms with Gasteiger partial charge in [-0.15, -0.1) is 4.47 Å². The molecule has 0 unspecified atom stereocenters. The molecule has 0 aromatic heterocycles. The van der Waals surface area contributed by atoms with Gasteiger partial charge in [0.15, 0.2) is 0 Å². The zero-order chi connectivity index (χ0) is 12.3. The Balaban J connectivity index is 3.22. The molecule has 16 heavy (non-hydrogen) atoms. The van der Waals surface area contributed by atoms with E-state index < -0.39 is 15.2 Å². The van der Waals surface area contributed by atoms with Crippen LogP contribution in [0.25, 0.3) is 0 Å². The number of nitro groups is 1. The minimum absolute atomic E-state index is 0.167. The van der Waals surface area contributed by atoms with Crippen LogP contribution in [0.1, 0.15) is 0 Å². The maximum atomic E-state index is 10.8. The third kappa shape index (κ3) is 2.66. The Morgan fingerprint density at radius 2 is 2.12 bits per heavy atom. The first-order valence-corrected chi connectivity index (χ1v) is 5.32. The Hall–Kier alpha value is -1.71. The Labute approximate surface area is 91.0 Å². The highest BCUT2D eigenvalue weighted by atomic mass is 32.2. The number of benzene rings is 1. The number of nitrogens with zero attached hydrogens (tertiary/aromatic N) is 2. The topological polar surface area (TPSA) is 110 Å². The maximum absolute atomic E-state index is 10.8. The third-order valence-corrected chi connectivity index (χ3v) is 2.41. The van der Waals surface area contributed by atoms with E-state index in [1.54, 1.807) is 0 Å². The molecule has 0 aliphatic rings. The smallest absolute Gasteiger partial charge is 0.267 e. The van der Waals surface area contributed by atoms with Crippen molar-refractivity contribution in [2.45, 2.75) is 0 Å². The molecule has 0 aliphatic heterocycles. The van der Waals surface area contributed by atoms with Crippen LogP contribution in [-0.4, -0.2) is 25.0 Å². The van der Waals surface area contributed by atoms with Crippen LogP contribution >= 0.6 is 0 Å². The van der Waals surface area contributed by atoms with E-state index in [0.29, 0.717) is 0 Å². The predicted molar refractivity (Wildman–Crippen MR) is 54.1 cm³/mol. The molecule has 1 N–H and O–H groups in total. The summed E-state index contributed by atoms with van der Waals surface area (Å²) in [5.41, 5.74) is -0.484. The number of non-ortho nitro benzene ring substituents is 1. The summed E-state index contributed by atoms with van der Waals surface area (Å²) in [4.78, 5) is 14.2. The van der Waals surface area contributed by atoms with Gasteiger partial charge < -0.3 is 0 Å². The van der Waals surface area contributed by atoms with Gasteiger partial charge in [0, 0.05) is 12.1 Å². The van der Waals surface area contributed by atoms with Gasteiger partial charge in [-0.1, -0.05) is 6.07 Å². The van der Waals surface area contributed by atoms with Crippen molar-refractivity contribution in [3.05, 3.63) is 34.4 Å². The highest BCUT2D eigenvalue weighted by molar-refractivity contribution is 7.87. The van der Waals surface area contributed by atoms with Gasteiger partial charge in [0.1, 0.15) is 0 Å². The lowest BCUT2D eigenvalue weighted by atomic mass is 10.3. The van der Waals surface area contributed by atoms with E-state index in [0.717, 1.165) is 13.2 Å². The van der Waals surface area contributed by atoms with E-state index in [4.69, 9.17) is 4.55 Å². The molecule has 0 saturated carbocycles. The molecule has 9 heteroatoms. The molecular formula is C7H8N2O6S. The highest BCUT2D eigenvalue weighted by Gasteiger charge is 2.21. The van der Waals surface area contributed by atoms with Crippen LogP contribution in [0.15, 0.2) is 24.3 Å².